The van der Waals surface area contributed by atoms with Crippen molar-refractivity contribution in [3.8, 4) is 0 Å². The molecule has 1 radical (unpaired) electrons. The van der Waals surface area contributed by atoms with Gasteiger partial charge in [0.15, 0.2) is 0 Å². The monoisotopic (exact) mass is 252 g/mol. The molecule has 0 bridgehead atoms. The third-order valence-corrected chi connectivity index (χ3v) is 8.05. The summed E-state index contributed by atoms with van der Waals surface area (Å²) in [4.78, 5) is 0. The Bertz CT molecular complexity index is 74.0. The second kappa shape index (κ2) is 4.53. The fourth-order valence-electron chi connectivity index (χ4n) is 1.20. The van der Waals surface area contributed by atoms with Crippen molar-refractivity contribution in [1.82, 2.24) is 9.36 Å². The van der Waals surface area contributed by atoms with E-state index >= 15 is 0 Å². The van der Waals surface area contributed by atoms with Gasteiger partial charge in [-0.05, 0) is 0 Å². The summed E-state index contributed by atoms with van der Waals surface area (Å²) >= 11 is -1.51. The summed E-state index contributed by atoms with van der Waals surface area (Å²) in [6.07, 6.45) is 0. The summed E-state index contributed by atoms with van der Waals surface area (Å²) in [6.45, 7) is 0. The molecule has 0 aliphatic rings. The number of hydrogen-bond donors (Lipinski definition) is 0. The van der Waals surface area contributed by atoms with Gasteiger partial charge in [-0.3, -0.25) is 0 Å². The van der Waals surface area contributed by atoms with Crippen molar-refractivity contribution >= 4 is 20.6 Å². The molecule has 0 aliphatic carbocycles. The number of nitrogens with zero attached hydrogens (tertiary/aromatic N) is 3. The number of rotatable bonds is 3. The quantitative estimate of drug-likeness (QED) is 0.635. The van der Waals surface area contributed by atoms with Crippen LogP contribution in [0.3, 0.4) is 0 Å². The first-order chi connectivity index (χ1) is 4.46. The molecule has 4 heteroatoms. The van der Waals surface area contributed by atoms with E-state index in [0.29, 0.717) is 0 Å². The van der Waals surface area contributed by atoms with Crippen LogP contribution in [-0.4, -0.2) is 72.2 Å². The van der Waals surface area contributed by atoms with Gasteiger partial charge >= 0.3 is 72.2 Å². The summed E-state index contributed by atoms with van der Waals surface area (Å²) < 4.78 is 7.09. The Kier molecular flexibility index (Phi) is 4.84. The summed E-state index contributed by atoms with van der Waals surface area (Å²) in [5, 5.41) is 0. The fraction of sp³-hybridized carbons (Fsp3) is 1.00. The summed E-state index contributed by atoms with van der Waals surface area (Å²) in [5.74, 6) is 0. The van der Waals surface area contributed by atoms with Crippen molar-refractivity contribution in [2.24, 2.45) is 0 Å². The molecule has 0 heterocycles. The van der Waals surface area contributed by atoms with Gasteiger partial charge in [0.25, 0.3) is 0 Å². The van der Waals surface area contributed by atoms with Crippen LogP contribution in [0, 0.1) is 0 Å². The third-order valence-electron chi connectivity index (χ3n) is 1.20. The molecule has 0 aromatic heterocycles. The van der Waals surface area contributed by atoms with Gasteiger partial charge in [-0.15, -0.1) is 0 Å². The van der Waals surface area contributed by atoms with E-state index in [1.807, 2.05) is 0 Å². The van der Waals surface area contributed by atoms with Crippen LogP contribution in [0.25, 0.3) is 0 Å². The van der Waals surface area contributed by atoms with Crippen molar-refractivity contribution in [3.63, 3.8) is 0 Å². The van der Waals surface area contributed by atoms with Crippen molar-refractivity contribution in [1.29, 1.82) is 0 Å². The van der Waals surface area contributed by atoms with Gasteiger partial charge in [0.1, 0.15) is 0 Å². The Balaban J connectivity index is 3.98. The van der Waals surface area contributed by atoms with Crippen LogP contribution in [0.15, 0.2) is 0 Å². The normalized spacial score (nSPS) is 12.6. The zero-order valence-electron chi connectivity index (χ0n) is 7.84. The molecule has 0 atom stereocenters. The maximum absolute atomic E-state index is 2.36. The molecule has 0 aromatic carbocycles. The van der Waals surface area contributed by atoms with E-state index in [0.717, 1.165) is 0 Å². The molecule has 0 unspecified atom stereocenters. The molecule has 0 saturated heterocycles. The minimum absolute atomic E-state index is 1.51. The van der Waals surface area contributed by atoms with Gasteiger partial charge in [-0.2, -0.15) is 0 Å². The Morgan fingerprint density at radius 3 is 0.800 bits per heavy atom. The molecule has 0 rings (SSSR count). The van der Waals surface area contributed by atoms with Crippen molar-refractivity contribution in [2.75, 3.05) is 42.3 Å². The first-order valence-electron chi connectivity index (χ1n) is 3.35. The molecule has 3 nitrogen and oxygen atoms in total. The molecule has 0 saturated carbocycles. The average Bonchev–Trinajstić information content (AvgIpc) is 1.59. The van der Waals surface area contributed by atoms with E-state index in [4.69, 9.17) is 0 Å². The molecular formula is C6H18N3Sn. The summed E-state index contributed by atoms with van der Waals surface area (Å²) in [6, 6.07) is 0. The van der Waals surface area contributed by atoms with Crippen LogP contribution in [0.2, 0.25) is 0 Å². The van der Waals surface area contributed by atoms with Crippen LogP contribution < -0.4 is 0 Å². The van der Waals surface area contributed by atoms with Crippen molar-refractivity contribution in [3.05, 3.63) is 0 Å². The zero-order valence-corrected chi connectivity index (χ0v) is 10.7. The van der Waals surface area contributed by atoms with Crippen molar-refractivity contribution < 1.29 is 0 Å². The van der Waals surface area contributed by atoms with Crippen LogP contribution >= 0.6 is 0 Å². The Hall–Kier alpha value is 0.679. The molecule has 0 spiro atoms. The predicted octanol–water partition coefficient (Wildman–Crippen LogP) is -0.344. The van der Waals surface area contributed by atoms with Gasteiger partial charge in [0, 0.05) is 0 Å². The van der Waals surface area contributed by atoms with Gasteiger partial charge in [0.05, 0.1) is 0 Å². The van der Waals surface area contributed by atoms with Crippen LogP contribution in [0.4, 0.5) is 0 Å². The molecule has 0 amide bonds. The third kappa shape index (κ3) is 3.18. The van der Waals surface area contributed by atoms with E-state index < -0.39 is 20.6 Å². The number of hydrogen-bond acceptors (Lipinski definition) is 3. The van der Waals surface area contributed by atoms with E-state index in [-0.39, 0.29) is 0 Å². The maximum atomic E-state index is 2.36. The van der Waals surface area contributed by atoms with E-state index in [9.17, 15) is 0 Å². The second-order valence-corrected chi connectivity index (χ2v) is 12.4. The van der Waals surface area contributed by atoms with E-state index in [1.165, 1.54) is 0 Å². The molecule has 0 aromatic rings. The van der Waals surface area contributed by atoms with Crippen LogP contribution in [0.5, 0.6) is 0 Å². The summed E-state index contributed by atoms with van der Waals surface area (Å²) in [7, 11) is 13.0. The van der Waals surface area contributed by atoms with E-state index in [2.05, 4.69) is 51.7 Å². The molecule has 0 aliphatic heterocycles. The Labute approximate surface area is 72.4 Å². The zero-order chi connectivity index (χ0) is 8.31. The Morgan fingerprint density at radius 2 is 0.800 bits per heavy atom. The van der Waals surface area contributed by atoms with Crippen LogP contribution in [0.1, 0.15) is 0 Å². The molecular weight excluding hydrogens is 233 g/mol. The fourth-order valence-corrected chi connectivity index (χ4v) is 8.05. The first-order valence-corrected chi connectivity index (χ1v) is 7.18. The minimum atomic E-state index is -1.51. The Morgan fingerprint density at radius 1 is 0.600 bits per heavy atom. The topological polar surface area (TPSA) is 9.72 Å². The molecule has 61 valence electrons. The molecule has 10 heavy (non-hydrogen) atoms. The standard InChI is InChI=1S/3C2H6N.Sn/c3*1-3-2;/h3*1-2H3;/q3*-1;+3. The van der Waals surface area contributed by atoms with E-state index in [1.54, 1.807) is 0 Å². The van der Waals surface area contributed by atoms with Crippen LogP contribution in [-0.2, 0) is 0 Å². The SMILES string of the molecule is C[N](C)[Sn]([N](C)C)[N](C)C. The average molecular weight is 251 g/mol. The van der Waals surface area contributed by atoms with Gasteiger partial charge in [0.2, 0.25) is 0 Å². The molecule has 0 fully saturated rings. The predicted molar refractivity (Wildman–Crippen MR) is 46.8 cm³/mol. The van der Waals surface area contributed by atoms with Gasteiger partial charge in [-0.1, -0.05) is 0 Å². The second-order valence-electron chi connectivity index (χ2n) is 2.98. The summed E-state index contributed by atoms with van der Waals surface area (Å²) in [5.41, 5.74) is 0. The molecule has 0 N–H and O–H groups in total. The van der Waals surface area contributed by atoms with Gasteiger partial charge in [-0.25, -0.2) is 0 Å². The van der Waals surface area contributed by atoms with Crippen molar-refractivity contribution in [2.45, 2.75) is 0 Å². The van der Waals surface area contributed by atoms with Gasteiger partial charge < -0.3 is 0 Å². The first kappa shape index (κ1) is 10.7.